The molecule has 0 aliphatic carbocycles. The fraction of sp³-hybridized carbons (Fsp3) is 0.500. The van der Waals surface area contributed by atoms with Crippen molar-refractivity contribution in [1.82, 2.24) is 20.1 Å². The molecule has 2 fully saturated rings. The van der Waals surface area contributed by atoms with Crippen LogP contribution in [0.2, 0.25) is 0 Å². The number of aromatic nitrogens is 1. The number of fused-ring (bicyclic) bond motifs is 1. The number of hydrogen-bond donors (Lipinski definition) is 2. The number of carboxylic acid groups (broad SMARTS) is 1. The van der Waals surface area contributed by atoms with Crippen molar-refractivity contribution in [1.29, 1.82) is 0 Å². The zero-order valence-electron chi connectivity index (χ0n) is 24.8. The maximum atomic E-state index is 15.4. The highest BCUT2D eigenvalue weighted by molar-refractivity contribution is 7.11. The lowest BCUT2D eigenvalue weighted by Gasteiger charge is -2.41. The Balaban J connectivity index is 1.56. The zero-order chi connectivity index (χ0) is 32.0. The molecule has 236 valence electrons. The Bertz CT molecular complexity index is 1530. The second-order valence-corrected chi connectivity index (χ2v) is 12.6. The molecule has 5 rings (SSSR count). The second-order valence-electron chi connectivity index (χ2n) is 11.7. The Morgan fingerprint density at radius 1 is 1.27 bits per heavy atom. The largest absolute Gasteiger partial charge is 0.480 e. The van der Waals surface area contributed by atoms with Gasteiger partial charge in [0.25, 0.3) is 5.92 Å². The van der Waals surface area contributed by atoms with Gasteiger partial charge in [0.1, 0.15) is 17.3 Å². The van der Waals surface area contributed by atoms with E-state index in [0.717, 1.165) is 0 Å². The molecule has 2 saturated heterocycles. The number of aliphatic carboxylic acids is 1. The monoisotopic (exact) mass is 633 g/mol. The lowest BCUT2D eigenvalue weighted by atomic mass is 9.86. The maximum absolute atomic E-state index is 15.4. The summed E-state index contributed by atoms with van der Waals surface area (Å²) in [5.74, 6) is -7.05. The van der Waals surface area contributed by atoms with Crippen molar-refractivity contribution >= 4 is 35.0 Å². The lowest BCUT2D eigenvalue weighted by molar-refractivity contribution is -0.160. The smallest absolute Gasteiger partial charge is 0.338 e. The molecule has 0 bridgehead atoms. The van der Waals surface area contributed by atoms with Gasteiger partial charge in [-0.05, 0) is 51.3 Å². The average molecular weight is 634 g/mol. The summed E-state index contributed by atoms with van der Waals surface area (Å²) in [6.45, 7) is 4.95. The maximum Gasteiger partial charge on any atom is 0.338 e. The van der Waals surface area contributed by atoms with E-state index in [0.29, 0.717) is 16.4 Å². The number of nitrogens with zero attached hydrogens (tertiary/aromatic N) is 4. The van der Waals surface area contributed by atoms with Crippen molar-refractivity contribution in [2.75, 3.05) is 32.8 Å². The molecule has 1 aromatic carbocycles. The predicted molar refractivity (Wildman–Crippen MR) is 156 cm³/mol. The highest BCUT2D eigenvalue weighted by Gasteiger charge is 2.57. The first-order valence-electron chi connectivity index (χ1n) is 14.3. The summed E-state index contributed by atoms with van der Waals surface area (Å²) in [4.78, 5) is 50.3. The molecule has 0 spiro atoms. The van der Waals surface area contributed by atoms with Gasteiger partial charge in [0.2, 0.25) is 5.91 Å². The van der Waals surface area contributed by atoms with E-state index in [1.54, 1.807) is 31.5 Å². The number of rotatable bonds is 8. The summed E-state index contributed by atoms with van der Waals surface area (Å²) < 4.78 is 51.0. The summed E-state index contributed by atoms with van der Waals surface area (Å²) in [6, 6.07) is 2.64. The molecular formula is C30H34F3N5O5S. The molecule has 1 aromatic heterocycles. The Labute approximate surface area is 256 Å². The van der Waals surface area contributed by atoms with Crippen LogP contribution in [-0.4, -0.2) is 88.3 Å². The van der Waals surface area contributed by atoms with Crippen LogP contribution < -0.4 is 5.32 Å². The SMILES string of the molecule is CCOC(=O)C1=C(CN2CC(F)(F)C3CCN(C(=O)C(C)(C)C(=O)O)CC32)NC(c2nccs2)=NC1c1cccc(F)c1C. The number of benzene rings is 1. The number of amides is 1. The van der Waals surface area contributed by atoms with E-state index in [1.807, 2.05) is 0 Å². The minimum atomic E-state index is -3.09. The van der Waals surface area contributed by atoms with E-state index in [-0.39, 0.29) is 49.5 Å². The molecule has 14 heteroatoms. The van der Waals surface area contributed by atoms with Crippen LogP contribution in [0.4, 0.5) is 13.2 Å². The van der Waals surface area contributed by atoms with Gasteiger partial charge in [0.15, 0.2) is 10.8 Å². The van der Waals surface area contributed by atoms with E-state index < -0.39 is 59.5 Å². The molecule has 10 nitrogen and oxygen atoms in total. The zero-order valence-corrected chi connectivity index (χ0v) is 25.6. The van der Waals surface area contributed by atoms with Gasteiger partial charge >= 0.3 is 11.9 Å². The summed E-state index contributed by atoms with van der Waals surface area (Å²) in [5, 5.41) is 15.0. The topological polar surface area (TPSA) is 124 Å². The number of hydrogen-bond acceptors (Lipinski definition) is 9. The van der Waals surface area contributed by atoms with Gasteiger partial charge in [-0.15, -0.1) is 11.3 Å². The molecule has 0 saturated carbocycles. The minimum absolute atomic E-state index is 0.0102. The van der Waals surface area contributed by atoms with Crippen molar-refractivity contribution in [2.45, 2.75) is 52.1 Å². The minimum Gasteiger partial charge on any atom is -0.480 e. The molecule has 44 heavy (non-hydrogen) atoms. The Morgan fingerprint density at radius 2 is 2.02 bits per heavy atom. The van der Waals surface area contributed by atoms with Gasteiger partial charge in [-0.1, -0.05) is 12.1 Å². The fourth-order valence-corrected chi connectivity index (χ4v) is 6.70. The molecule has 2 N–H and O–H groups in total. The average Bonchev–Trinajstić information content (AvgIpc) is 3.60. The highest BCUT2D eigenvalue weighted by Crippen LogP contribution is 2.44. The predicted octanol–water partition coefficient (Wildman–Crippen LogP) is 3.78. The highest BCUT2D eigenvalue weighted by atomic mass is 32.1. The van der Waals surface area contributed by atoms with Gasteiger partial charge in [0, 0.05) is 48.9 Å². The number of likely N-dealkylation sites (tertiary alicyclic amines) is 2. The van der Waals surface area contributed by atoms with Crippen LogP contribution >= 0.6 is 11.3 Å². The summed E-state index contributed by atoms with van der Waals surface area (Å²) in [5.41, 5.74) is -0.723. The molecule has 4 heterocycles. The number of carboxylic acids is 1. The quantitative estimate of drug-likeness (QED) is 0.333. The Kier molecular flexibility index (Phi) is 8.60. The third kappa shape index (κ3) is 5.72. The van der Waals surface area contributed by atoms with Crippen molar-refractivity contribution < 1.29 is 37.4 Å². The fourth-order valence-electron chi connectivity index (χ4n) is 6.11. The van der Waals surface area contributed by atoms with Crippen LogP contribution in [0.15, 0.2) is 46.0 Å². The molecular weight excluding hydrogens is 599 g/mol. The molecule has 3 aliphatic heterocycles. The van der Waals surface area contributed by atoms with E-state index in [4.69, 9.17) is 9.73 Å². The number of thiazole rings is 1. The number of carbonyl (C=O) groups is 3. The van der Waals surface area contributed by atoms with Crippen molar-refractivity contribution in [3.05, 3.63) is 63.0 Å². The van der Waals surface area contributed by atoms with E-state index in [2.05, 4.69) is 10.3 Å². The first-order valence-corrected chi connectivity index (χ1v) is 15.2. The number of nitrogens with one attached hydrogen (secondary N) is 1. The van der Waals surface area contributed by atoms with Gasteiger partial charge in [0.05, 0.1) is 18.7 Å². The van der Waals surface area contributed by atoms with Gasteiger partial charge < -0.3 is 20.1 Å². The molecule has 3 aliphatic rings. The van der Waals surface area contributed by atoms with Crippen LogP contribution in [0, 0.1) is 24.1 Å². The summed E-state index contributed by atoms with van der Waals surface area (Å²) in [6.07, 6.45) is 1.57. The molecule has 0 radical (unpaired) electrons. The van der Waals surface area contributed by atoms with Crippen LogP contribution in [0.5, 0.6) is 0 Å². The Morgan fingerprint density at radius 3 is 2.68 bits per heavy atom. The molecule has 1 amide bonds. The second kappa shape index (κ2) is 12.0. The summed E-state index contributed by atoms with van der Waals surface area (Å²) >= 11 is 1.28. The third-order valence-electron chi connectivity index (χ3n) is 8.59. The van der Waals surface area contributed by atoms with E-state index in [1.165, 1.54) is 47.1 Å². The number of esters is 1. The number of piperidine rings is 1. The number of alkyl halides is 2. The molecule has 3 unspecified atom stereocenters. The number of ether oxygens (including phenoxy) is 1. The number of carbonyl (C=O) groups excluding carboxylic acids is 2. The first kappa shape index (κ1) is 31.6. The lowest BCUT2D eigenvalue weighted by Crippen LogP contribution is -2.55. The van der Waals surface area contributed by atoms with Gasteiger partial charge in [-0.3, -0.25) is 19.5 Å². The van der Waals surface area contributed by atoms with Crippen LogP contribution in [0.25, 0.3) is 0 Å². The van der Waals surface area contributed by atoms with Gasteiger partial charge in [-0.2, -0.15) is 0 Å². The standard InChI is InChI=1S/C30H34F3N5O5S/c1-5-43-26(39)22-20(35-24(25-34-10-12-44-25)36-23(22)17-7-6-8-19(31)16(17)2)13-38-15-30(32,33)18-9-11-37(14-21(18)38)27(40)29(3,4)28(41)42/h6-8,10,12,18,21,23H,5,9,11,13-15H2,1-4H3,(H,35,36)(H,41,42). The number of amidine groups is 1. The van der Waals surface area contributed by atoms with Crippen LogP contribution in [-0.2, 0) is 19.1 Å². The van der Waals surface area contributed by atoms with Crippen LogP contribution in [0.1, 0.15) is 49.4 Å². The van der Waals surface area contributed by atoms with E-state index in [9.17, 15) is 23.9 Å². The normalized spacial score (nSPS) is 23.6. The van der Waals surface area contributed by atoms with Gasteiger partial charge in [-0.25, -0.2) is 22.9 Å². The van der Waals surface area contributed by atoms with E-state index >= 15 is 8.78 Å². The number of aliphatic imine (C=N–C) groups is 1. The van der Waals surface area contributed by atoms with Crippen molar-refractivity contribution in [3.8, 4) is 0 Å². The molecule has 3 atom stereocenters. The third-order valence-corrected chi connectivity index (χ3v) is 9.37. The van der Waals surface area contributed by atoms with Crippen molar-refractivity contribution in [2.24, 2.45) is 16.3 Å². The molecule has 2 aromatic rings. The van der Waals surface area contributed by atoms with Crippen LogP contribution in [0.3, 0.4) is 0 Å². The first-order chi connectivity index (χ1) is 20.8. The Hall–Kier alpha value is -3.78. The number of halogens is 3. The van der Waals surface area contributed by atoms with Crippen molar-refractivity contribution in [3.63, 3.8) is 0 Å². The summed E-state index contributed by atoms with van der Waals surface area (Å²) in [7, 11) is 0.